The molecule has 0 aliphatic carbocycles. The second-order valence-electron chi connectivity index (χ2n) is 4.91. The lowest BCUT2D eigenvalue weighted by molar-refractivity contribution is -0.137. The number of rotatable bonds is 8. The number of nitrogens with one attached hydrogen (secondary N) is 1. The maximum atomic E-state index is 11.7. The highest BCUT2D eigenvalue weighted by Crippen LogP contribution is 2.09. The molecule has 112 valence electrons. The van der Waals surface area contributed by atoms with E-state index < -0.39 is 5.97 Å². The van der Waals surface area contributed by atoms with Crippen LogP contribution in [0.5, 0.6) is 0 Å². The molecule has 1 aromatic heterocycles. The first kappa shape index (κ1) is 16.4. The molecule has 6 nitrogen and oxygen atoms in total. The molecule has 0 saturated heterocycles. The molecular formula is C13H20N2O4S. The monoisotopic (exact) mass is 300 g/mol. The van der Waals surface area contributed by atoms with Crippen molar-refractivity contribution >= 4 is 23.2 Å². The molecule has 1 atom stereocenters. The van der Waals surface area contributed by atoms with Gasteiger partial charge in [-0.2, -0.15) is 0 Å². The highest BCUT2D eigenvalue weighted by atomic mass is 32.1. The van der Waals surface area contributed by atoms with E-state index in [2.05, 4.69) is 5.32 Å². The number of nitrogens with zero attached hydrogens (tertiary/aromatic N) is 1. The summed E-state index contributed by atoms with van der Waals surface area (Å²) in [6.07, 6.45) is 1.49. The van der Waals surface area contributed by atoms with E-state index >= 15 is 0 Å². The number of carbonyl (C=O) groups excluding carboxylic acids is 1. The van der Waals surface area contributed by atoms with Crippen molar-refractivity contribution in [1.82, 2.24) is 9.88 Å². The van der Waals surface area contributed by atoms with Gasteiger partial charge in [0.1, 0.15) is 6.54 Å². The van der Waals surface area contributed by atoms with Crippen LogP contribution in [0, 0.1) is 12.8 Å². The molecule has 7 heteroatoms. The molecule has 1 aromatic rings. The summed E-state index contributed by atoms with van der Waals surface area (Å²) in [6, 6.07) is 0. The summed E-state index contributed by atoms with van der Waals surface area (Å²) in [5.74, 6) is -0.746. The summed E-state index contributed by atoms with van der Waals surface area (Å²) >= 11 is 1.08. The van der Waals surface area contributed by atoms with E-state index in [4.69, 9.17) is 5.11 Å². The van der Waals surface area contributed by atoms with Crippen molar-refractivity contribution in [3.8, 4) is 0 Å². The Morgan fingerprint density at radius 3 is 2.70 bits per heavy atom. The summed E-state index contributed by atoms with van der Waals surface area (Å²) < 4.78 is 1.44. The van der Waals surface area contributed by atoms with E-state index in [-0.39, 0.29) is 29.7 Å². The van der Waals surface area contributed by atoms with Crippen molar-refractivity contribution in [3.63, 3.8) is 0 Å². The average Bonchev–Trinajstić information content (AvgIpc) is 2.68. The van der Waals surface area contributed by atoms with Crippen LogP contribution in [0.4, 0.5) is 0 Å². The van der Waals surface area contributed by atoms with Gasteiger partial charge in [0, 0.05) is 24.0 Å². The molecule has 0 bridgehead atoms. The zero-order valence-corrected chi connectivity index (χ0v) is 12.5. The molecule has 0 aliphatic heterocycles. The Morgan fingerprint density at radius 1 is 1.45 bits per heavy atom. The zero-order chi connectivity index (χ0) is 15.1. The van der Waals surface area contributed by atoms with Crippen LogP contribution in [0.3, 0.4) is 0 Å². The van der Waals surface area contributed by atoms with Gasteiger partial charge in [-0.15, -0.1) is 0 Å². The topological polar surface area (TPSA) is 88.4 Å². The van der Waals surface area contributed by atoms with Crippen LogP contribution in [-0.4, -0.2) is 28.1 Å². The third-order valence-corrected chi connectivity index (χ3v) is 3.97. The Balaban J connectivity index is 2.27. The number of carboxylic acids is 1. The van der Waals surface area contributed by atoms with Crippen molar-refractivity contribution in [1.29, 1.82) is 0 Å². The Morgan fingerprint density at radius 2 is 2.15 bits per heavy atom. The van der Waals surface area contributed by atoms with Crippen molar-refractivity contribution in [2.45, 2.75) is 39.7 Å². The largest absolute Gasteiger partial charge is 0.481 e. The lowest BCUT2D eigenvalue weighted by Crippen LogP contribution is -2.32. The Hall–Kier alpha value is -1.63. The van der Waals surface area contributed by atoms with Gasteiger partial charge in [-0.3, -0.25) is 19.0 Å². The lowest BCUT2D eigenvalue weighted by Gasteiger charge is -2.11. The van der Waals surface area contributed by atoms with Crippen LogP contribution < -0.4 is 10.2 Å². The molecule has 1 unspecified atom stereocenters. The predicted octanol–water partition coefficient (Wildman–Crippen LogP) is 1.23. The highest BCUT2D eigenvalue weighted by Gasteiger charge is 2.09. The number of carboxylic acid groups (broad SMARTS) is 1. The smallest absolute Gasteiger partial charge is 0.307 e. The van der Waals surface area contributed by atoms with Crippen molar-refractivity contribution < 1.29 is 14.7 Å². The van der Waals surface area contributed by atoms with E-state index in [0.29, 0.717) is 13.0 Å². The summed E-state index contributed by atoms with van der Waals surface area (Å²) in [7, 11) is 0. The quantitative estimate of drug-likeness (QED) is 0.755. The van der Waals surface area contributed by atoms with Crippen molar-refractivity contribution in [2.75, 3.05) is 6.54 Å². The summed E-state index contributed by atoms with van der Waals surface area (Å²) in [5, 5.41) is 13.0. The second-order valence-corrected chi connectivity index (χ2v) is 5.73. The molecule has 0 spiro atoms. The number of amides is 1. The van der Waals surface area contributed by atoms with Gasteiger partial charge in [0.05, 0.1) is 0 Å². The van der Waals surface area contributed by atoms with Crippen LogP contribution in [-0.2, 0) is 16.1 Å². The van der Waals surface area contributed by atoms with Crippen LogP contribution in [0.1, 0.15) is 31.9 Å². The zero-order valence-electron chi connectivity index (χ0n) is 11.7. The van der Waals surface area contributed by atoms with Crippen LogP contribution in [0.2, 0.25) is 0 Å². The summed E-state index contributed by atoms with van der Waals surface area (Å²) in [4.78, 5) is 33.4. The van der Waals surface area contributed by atoms with Crippen LogP contribution in [0.15, 0.2) is 10.2 Å². The van der Waals surface area contributed by atoms with Crippen molar-refractivity contribution in [2.24, 2.45) is 5.92 Å². The maximum absolute atomic E-state index is 11.7. The second kappa shape index (κ2) is 7.84. The van der Waals surface area contributed by atoms with E-state index in [0.717, 1.165) is 23.5 Å². The minimum absolute atomic E-state index is 0.0394. The summed E-state index contributed by atoms with van der Waals surface area (Å²) in [5.41, 5.74) is 0.782. The number of aromatic nitrogens is 1. The minimum atomic E-state index is -0.798. The standard InChI is InChI=1S/C13H20N2O4S/c1-9(3-4-12(17)18)5-6-14-11(16)7-15-10(2)8-20-13(15)19/h8-9H,3-7H2,1-2H3,(H,14,16)(H,17,18). The third kappa shape index (κ3) is 5.56. The van der Waals surface area contributed by atoms with Gasteiger partial charge in [0.2, 0.25) is 5.91 Å². The molecule has 0 saturated carbocycles. The van der Waals surface area contributed by atoms with Gasteiger partial charge in [-0.25, -0.2) is 0 Å². The fourth-order valence-corrected chi connectivity index (χ4v) is 2.50. The number of thiazole rings is 1. The van der Waals surface area contributed by atoms with Gasteiger partial charge in [-0.05, 0) is 25.7 Å². The molecule has 0 fully saturated rings. The molecule has 20 heavy (non-hydrogen) atoms. The van der Waals surface area contributed by atoms with E-state index in [1.54, 1.807) is 12.3 Å². The first-order valence-corrected chi connectivity index (χ1v) is 7.41. The fourth-order valence-electron chi connectivity index (χ4n) is 1.77. The highest BCUT2D eigenvalue weighted by molar-refractivity contribution is 7.07. The molecular weight excluding hydrogens is 280 g/mol. The third-order valence-electron chi connectivity index (χ3n) is 3.09. The molecule has 0 radical (unpaired) electrons. The first-order valence-electron chi connectivity index (χ1n) is 6.53. The SMILES string of the molecule is Cc1csc(=O)n1CC(=O)NCCC(C)CCC(=O)O. The Labute approximate surface area is 121 Å². The molecule has 0 aliphatic rings. The van der Waals surface area contributed by atoms with Gasteiger partial charge < -0.3 is 10.4 Å². The molecule has 1 heterocycles. The number of carbonyl (C=O) groups is 2. The molecule has 2 N–H and O–H groups in total. The molecule has 1 amide bonds. The first-order chi connectivity index (χ1) is 9.40. The minimum Gasteiger partial charge on any atom is -0.481 e. The number of hydrogen-bond acceptors (Lipinski definition) is 4. The van der Waals surface area contributed by atoms with Gasteiger partial charge in [-0.1, -0.05) is 18.3 Å². The van der Waals surface area contributed by atoms with Crippen LogP contribution >= 0.6 is 11.3 Å². The van der Waals surface area contributed by atoms with Crippen molar-refractivity contribution in [3.05, 3.63) is 20.7 Å². The fraction of sp³-hybridized carbons (Fsp3) is 0.615. The van der Waals surface area contributed by atoms with E-state index in [9.17, 15) is 14.4 Å². The predicted molar refractivity (Wildman–Crippen MR) is 77.0 cm³/mol. The lowest BCUT2D eigenvalue weighted by atomic mass is 10.0. The number of hydrogen-bond donors (Lipinski definition) is 2. The molecule has 1 rings (SSSR count). The summed E-state index contributed by atoms with van der Waals surface area (Å²) in [6.45, 7) is 4.29. The van der Waals surface area contributed by atoms with E-state index in [1.807, 2.05) is 6.92 Å². The number of aryl methyl sites for hydroxylation is 1. The maximum Gasteiger partial charge on any atom is 0.307 e. The Kier molecular flexibility index (Phi) is 6.44. The van der Waals surface area contributed by atoms with Crippen LogP contribution in [0.25, 0.3) is 0 Å². The number of aliphatic carboxylic acids is 1. The average molecular weight is 300 g/mol. The van der Waals surface area contributed by atoms with Gasteiger partial charge in [0.15, 0.2) is 0 Å². The van der Waals surface area contributed by atoms with Gasteiger partial charge >= 0.3 is 10.8 Å². The normalized spacial score (nSPS) is 12.1. The van der Waals surface area contributed by atoms with E-state index in [1.165, 1.54) is 4.57 Å². The molecule has 0 aromatic carbocycles. The van der Waals surface area contributed by atoms with Gasteiger partial charge in [0.25, 0.3) is 0 Å². The Bertz CT molecular complexity index is 521.